The summed E-state index contributed by atoms with van der Waals surface area (Å²) < 4.78 is 34.5. The van der Waals surface area contributed by atoms with Crippen LogP contribution in [0.5, 0.6) is 0 Å². The minimum absolute atomic E-state index is 0.000864. The van der Waals surface area contributed by atoms with E-state index in [1.54, 1.807) is 45.0 Å². The standard InChI is InChI=1S/C22H23ClN4O5S/c1-13-11-26(12-14(2)32-13)33(30,31)20-10-16(8-9-18(20)23)21(28)25-27-15(3)24-19-7-5-4-6-17(19)22(27)29/h4-10,13-14H,11-12H2,1-3H3,(H,25,28). The highest BCUT2D eigenvalue weighted by atomic mass is 35.5. The van der Waals surface area contributed by atoms with Crippen LogP contribution in [0.3, 0.4) is 0 Å². The Balaban J connectivity index is 1.68. The Labute approximate surface area is 196 Å². The topological polar surface area (TPSA) is 111 Å². The molecule has 9 nitrogen and oxygen atoms in total. The lowest BCUT2D eigenvalue weighted by molar-refractivity contribution is -0.0440. The highest BCUT2D eigenvalue weighted by Crippen LogP contribution is 2.28. The van der Waals surface area contributed by atoms with Gasteiger partial charge < -0.3 is 4.74 Å². The van der Waals surface area contributed by atoms with E-state index in [4.69, 9.17) is 16.3 Å². The molecule has 0 aliphatic carbocycles. The van der Waals surface area contributed by atoms with Crippen molar-refractivity contribution in [3.8, 4) is 0 Å². The fraction of sp³-hybridized carbons (Fsp3) is 0.318. The van der Waals surface area contributed by atoms with Crippen LogP contribution < -0.4 is 11.0 Å². The Morgan fingerprint density at radius 2 is 1.82 bits per heavy atom. The van der Waals surface area contributed by atoms with Crippen LogP contribution in [-0.2, 0) is 14.8 Å². The molecule has 11 heteroatoms. The molecule has 1 N–H and O–H groups in total. The number of nitrogens with one attached hydrogen (secondary N) is 1. The zero-order chi connectivity index (χ0) is 23.9. The number of para-hydroxylation sites is 1. The first-order valence-electron chi connectivity index (χ1n) is 10.3. The van der Waals surface area contributed by atoms with Crippen molar-refractivity contribution in [3.63, 3.8) is 0 Å². The van der Waals surface area contributed by atoms with Gasteiger partial charge in [-0.25, -0.2) is 18.1 Å². The number of hydrogen-bond donors (Lipinski definition) is 1. The third kappa shape index (κ3) is 4.51. The molecule has 1 saturated heterocycles. The minimum atomic E-state index is -3.97. The molecule has 0 spiro atoms. The molecule has 0 radical (unpaired) electrons. The number of fused-ring (bicyclic) bond motifs is 1. The number of nitrogens with zero attached hydrogens (tertiary/aromatic N) is 3. The number of halogens is 1. The largest absolute Gasteiger partial charge is 0.373 e. The highest BCUT2D eigenvalue weighted by Gasteiger charge is 2.34. The lowest BCUT2D eigenvalue weighted by Crippen LogP contribution is -2.48. The summed E-state index contributed by atoms with van der Waals surface area (Å²) in [5, 5.41) is 0.345. The van der Waals surface area contributed by atoms with Crippen molar-refractivity contribution in [1.29, 1.82) is 0 Å². The number of sulfonamides is 1. The molecule has 1 amide bonds. The molecule has 1 aromatic heterocycles. The van der Waals surface area contributed by atoms with Crippen molar-refractivity contribution >= 4 is 38.4 Å². The Morgan fingerprint density at radius 3 is 2.52 bits per heavy atom. The maximum Gasteiger partial charge on any atom is 0.280 e. The number of ether oxygens (including phenoxy) is 1. The van der Waals surface area contributed by atoms with Crippen molar-refractivity contribution in [1.82, 2.24) is 14.0 Å². The fourth-order valence-corrected chi connectivity index (χ4v) is 5.94. The molecule has 2 atom stereocenters. The van der Waals surface area contributed by atoms with E-state index in [0.717, 1.165) is 4.68 Å². The monoisotopic (exact) mass is 490 g/mol. The first-order chi connectivity index (χ1) is 15.6. The van der Waals surface area contributed by atoms with Gasteiger partial charge in [0.2, 0.25) is 10.0 Å². The molecule has 1 aliphatic rings. The number of rotatable bonds is 4. The van der Waals surface area contributed by atoms with Crippen LogP contribution in [0, 0.1) is 6.92 Å². The van der Waals surface area contributed by atoms with Crippen molar-refractivity contribution in [2.45, 2.75) is 37.9 Å². The average Bonchev–Trinajstić information content (AvgIpc) is 2.76. The number of aromatic nitrogens is 2. The van der Waals surface area contributed by atoms with Crippen molar-refractivity contribution in [3.05, 3.63) is 69.2 Å². The summed E-state index contributed by atoms with van der Waals surface area (Å²) in [6, 6.07) is 10.8. The summed E-state index contributed by atoms with van der Waals surface area (Å²) in [4.78, 5) is 30.0. The van der Waals surface area contributed by atoms with Crippen molar-refractivity contribution in [2.24, 2.45) is 0 Å². The van der Waals surface area contributed by atoms with Gasteiger partial charge in [0.05, 0.1) is 28.1 Å². The molecular weight excluding hydrogens is 468 g/mol. The van der Waals surface area contributed by atoms with Crippen LogP contribution in [0.25, 0.3) is 10.9 Å². The second-order valence-corrected chi connectivity index (χ2v) is 10.3. The fourth-order valence-electron chi connectivity index (χ4n) is 3.85. The molecular formula is C22H23ClN4O5S. The van der Waals surface area contributed by atoms with Gasteiger partial charge in [-0.15, -0.1) is 0 Å². The lowest BCUT2D eigenvalue weighted by Gasteiger charge is -2.34. The lowest BCUT2D eigenvalue weighted by atomic mass is 10.2. The zero-order valence-electron chi connectivity index (χ0n) is 18.3. The van der Waals surface area contributed by atoms with E-state index < -0.39 is 21.5 Å². The van der Waals surface area contributed by atoms with E-state index in [1.807, 2.05) is 0 Å². The molecule has 2 heterocycles. The van der Waals surface area contributed by atoms with Gasteiger partial charge >= 0.3 is 0 Å². The first-order valence-corrected chi connectivity index (χ1v) is 12.1. The molecule has 2 aromatic carbocycles. The van der Waals surface area contributed by atoms with E-state index >= 15 is 0 Å². The van der Waals surface area contributed by atoms with Gasteiger partial charge in [0.15, 0.2) is 0 Å². The minimum Gasteiger partial charge on any atom is -0.373 e. The van der Waals surface area contributed by atoms with E-state index in [1.165, 1.54) is 22.5 Å². The predicted octanol–water partition coefficient (Wildman–Crippen LogP) is 2.54. The molecule has 1 aliphatic heterocycles. The normalized spacial score (nSPS) is 19.5. The number of carbonyl (C=O) groups excluding carboxylic acids is 1. The van der Waals surface area contributed by atoms with Gasteiger partial charge in [0, 0.05) is 18.7 Å². The Bertz CT molecular complexity index is 1400. The average molecular weight is 491 g/mol. The van der Waals surface area contributed by atoms with Crippen molar-refractivity contribution in [2.75, 3.05) is 18.5 Å². The molecule has 0 saturated carbocycles. The van der Waals surface area contributed by atoms with Crippen LogP contribution in [0.1, 0.15) is 30.0 Å². The maximum atomic E-state index is 13.3. The van der Waals surface area contributed by atoms with Gasteiger partial charge in [-0.1, -0.05) is 23.7 Å². The zero-order valence-corrected chi connectivity index (χ0v) is 19.9. The number of benzene rings is 2. The van der Waals surface area contributed by atoms with Crippen LogP contribution in [0.2, 0.25) is 5.02 Å². The van der Waals surface area contributed by atoms with Gasteiger partial charge in [-0.2, -0.15) is 4.31 Å². The number of carbonyl (C=O) groups is 1. The van der Waals surface area contributed by atoms with Gasteiger partial charge in [0.25, 0.3) is 11.5 Å². The Kier molecular flexibility index (Phi) is 6.28. The number of morpholine rings is 1. The first kappa shape index (κ1) is 23.4. The molecule has 2 unspecified atom stereocenters. The number of hydrogen-bond acceptors (Lipinski definition) is 6. The molecule has 174 valence electrons. The molecule has 33 heavy (non-hydrogen) atoms. The van der Waals surface area contributed by atoms with Crippen LogP contribution in [0.4, 0.5) is 0 Å². The van der Waals surface area contributed by atoms with E-state index in [-0.39, 0.29) is 46.6 Å². The summed E-state index contributed by atoms with van der Waals surface area (Å²) in [5.41, 5.74) is 2.62. The molecule has 4 rings (SSSR count). The third-order valence-corrected chi connectivity index (χ3v) is 7.67. The van der Waals surface area contributed by atoms with Crippen LogP contribution in [0.15, 0.2) is 52.2 Å². The predicted molar refractivity (Wildman–Crippen MR) is 125 cm³/mol. The second-order valence-electron chi connectivity index (χ2n) is 7.98. The Hall–Kier alpha value is -2.79. The summed E-state index contributed by atoms with van der Waals surface area (Å²) in [5.74, 6) is -0.390. The molecule has 0 bridgehead atoms. The van der Waals surface area contributed by atoms with Gasteiger partial charge in [-0.05, 0) is 51.1 Å². The summed E-state index contributed by atoms with van der Waals surface area (Å²) in [6.07, 6.45) is -0.548. The second kappa shape index (κ2) is 8.86. The van der Waals surface area contributed by atoms with Crippen LogP contribution in [-0.4, -0.2) is 53.6 Å². The maximum absolute atomic E-state index is 13.3. The van der Waals surface area contributed by atoms with E-state index in [0.29, 0.717) is 10.9 Å². The third-order valence-electron chi connectivity index (χ3n) is 5.35. The highest BCUT2D eigenvalue weighted by molar-refractivity contribution is 7.89. The SMILES string of the molecule is Cc1nc2ccccc2c(=O)n1NC(=O)c1ccc(Cl)c(S(=O)(=O)N2CC(C)OC(C)C2)c1. The number of amides is 1. The van der Waals surface area contributed by atoms with E-state index in [9.17, 15) is 18.0 Å². The summed E-state index contributed by atoms with van der Waals surface area (Å²) in [6.45, 7) is 5.53. The number of aryl methyl sites for hydroxylation is 1. The molecule has 1 fully saturated rings. The quantitative estimate of drug-likeness (QED) is 0.601. The van der Waals surface area contributed by atoms with Crippen molar-refractivity contribution < 1.29 is 17.9 Å². The summed E-state index contributed by atoms with van der Waals surface area (Å²) in [7, 11) is -3.97. The summed E-state index contributed by atoms with van der Waals surface area (Å²) >= 11 is 6.22. The van der Waals surface area contributed by atoms with E-state index in [2.05, 4.69) is 10.4 Å². The van der Waals surface area contributed by atoms with Crippen LogP contribution >= 0.6 is 11.6 Å². The smallest absolute Gasteiger partial charge is 0.280 e. The van der Waals surface area contributed by atoms with Gasteiger partial charge in [-0.3, -0.25) is 15.0 Å². The Morgan fingerprint density at radius 1 is 1.15 bits per heavy atom. The molecule has 3 aromatic rings. The van der Waals surface area contributed by atoms with Gasteiger partial charge in [0.1, 0.15) is 10.7 Å².